The number of unbranched alkanes of at least 4 members (excludes halogenated alkanes) is 3. The van der Waals surface area contributed by atoms with Crippen LogP contribution in [0, 0.1) is 6.92 Å². The van der Waals surface area contributed by atoms with Gasteiger partial charge in [0.05, 0.1) is 0 Å². The Balaban J connectivity index is 3.26. The molecule has 0 spiro atoms. The number of rotatable bonds is 11. The van der Waals surface area contributed by atoms with Gasteiger partial charge in [0.15, 0.2) is 0 Å². The number of carbonyl (C=O) groups is 3. The molecule has 1 unspecified atom stereocenters. The second-order valence-corrected chi connectivity index (χ2v) is 9.58. The molecule has 0 heterocycles. The Hall–Kier alpha value is -2.77. The van der Waals surface area contributed by atoms with Gasteiger partial charge in [-0.2, -0.15) is 0 Å². The van der Waals surface area contributed by atoms with Crippen LogP contribution in [0.5, 0.6) is 5.75 Å². The van der Waals surface area contributed by atoms with Crippen molar-refractivity contribution in [3.8, 4) is 5.75 Å². The van der Waals surface area contributed by atoms with Gasteiger partial charge in [0.25, 0.3) is 0 Å². The molecule has 186 valence electrons. The molecular weight excluding hydrogens is 422 g/mol. The SMILES string of the molecule is CCCCCCN(C(=O)CNC(=O)OC(C)(C)C)C(C(=O)NC(C)C)c1cccc(C)c1O. The van der Waals surface area contributed by atoms with Crippen LogP contribution in [-0.2, 0) is 14.3 Å². The Morgan fingerprint density at radius 2 is 1.79 bits per heavy atom. The zero-order chi connectivity index (χ0) is 25.2. The van der Waals surface area contributed by atoms with E-state index in [0.717, 1.165) is 19.3 Å². The number of para-hydroxylation sites is 1. The van der Waals surface area contributed by atoms with E-state index < -0.39 is 23.6 Å². The van der Waals surface area contributed by atoms with Crippen molar-refractivity contribution in [3.05, 3.63) is 29.3 Å². The number of aryl methyl sites for hydroxylation is 1. The van der Waals surface area contributed by atoms with Crippen LogP contribution in [0.4, 0.5) is 4.79 Å². The lowest BCUT2D eigenvalue weighted by molar-refractivity contribution is -0.140. The number of nitrogens with zero attached hydrogens (tertiary/aromatic N) is 1. The molecule has 1 aromatic rings. The van der Waals surface area contributed by atoms with Crippen molar-refractivity contribution >= 4 is 17.9 Å². The van der Waals surface area contributed by atoms with Gasteiger partial charge in [-0.25, -0.2) is 4.79 Å². The van der Waals surface area contributed by atoms with Crippen molar-refractivity contribution in [2.75, 3.05) is 13.1 Å². The molecule has 1 atom stereocenters. The van der Waals surface area contributed by atoms with Crippen LogP contribution in [0.1, 0.15) is 84.4 Å². The third-order valence-electron chi connectivity index (χ3n) is 4.91. The van der Waals surface area contributed by atoms with Gasteiger partial charge in [-0.15, -0.1) is 0 Å². The van der Waals surface area contributed by atoms with E-state index in [9.17, 15) is 19.5 Å². The predicted molar refractivity (Wildman–Crippen MR) is 129 cm³/mol. The molecule has 0 aromatic heterocycles. The summed E-state index contributed by atoms with van der Waals surface area (Å²) in [5.41, 5.74) is 0.273. The third-order valence-corrected chi connectivity index (χ3v) is 4.91. The summed E-state index contributed by atoms with van der Waals surface area (Å²) < 4.78 is 5.22. The van der Waals surface area contributed by atoms with Gasteiger partial charge >= 0.3 is 6.09 Å². The minimum absolute atomic E-state index is 0.0205. The minimum Gasteiger partial charge on any atom is -0.507 e. The summed E-state index contributed by atoms with van der Waals surface area (Å²) in [4.78, 5) is 40.0. The lowest BCUT2D eigenvalue weighted by Crippen LogP contribution is -2.49. The first-order valence-electron chi connectivity index (χ1n) is 11.7. The average molecular weight is 464 g/mol. The molecule has 0 aliphatic heterocycles. The summed E-state index contributed by atoms with van der Waals surface area (Å²) in [5, 5.41) is 16.1. The van der Waals surface area contributed by atoms with Crippen molar-refractivity contribution in [1.82, 2.24) is 15.5 Å². The first-order valence-corrected chi connectivity index (χ1v) is 11.7. The Bertz CT molecular complexity index is 802. The number of carbonyl (C=O) groups excluding carboxylic acids is 3. The number of aromatic hydroxyl groups is 1. The average Bonchev–Trinajstić information content (AvgIpc) is 2.69. The molecule has 8 nitrogen and oxygen atoms in total. The molecule has 0 fully saturated rings. The number of alkyl carbamates (subject to hydrolysis) is 1. The smallest absolute Gasteiger partial charge is 0.408 e. The fourth-order valence-electron chi connectivity index (χ4n) is 3.39. The van der Waals surface area contributed by atoms with Gasteiger partial charge in [-0.3, -0.25) is 9.59 Å². The van der Waals surface area contributed by atoms with Crippen molar-refractivity contribution in [2.45, 2.75) is 91.8 Å². The molecule has 3 N–H and O–H groups in total. The lowest BCUT2D eigenvalue weighted by atomic mass is 9.99. The van der Waals surface area contributed by atoms with E-state index in [2.05, 4.69) is 17.6 Å². The molecule has 1 rings (SSSR count). The monoisotopic (exact) mass is 463 g/mol. The molecule has 0 saturated carbocycles. The van der Waals surface area contributed by atoms with Crippen molar-refractivity contribution in [1.29, 1.82) is 0 Å². The summed E-state index contributed by atoms with van der Waals surface area (Å²) in [6, 6.07) is 3.97. The maximum absolute atomic E-state index is 13.3. The number of hydrogen-bond acceptors (Lipinski definition) is 5. The summed E-state index contributed by atoms with van der Waals surface area (Å²) in [7, 11) is 0. The van der Waals surface area contributed by atoms with E-state index in [1.807, 2.05) is 13.8 Å². The van der Waals surface area contributed by atoms with Gasteiger partial charge in [0, 0.05) is 18.2 Å². The number of nitrogens with one attached hydrogen (secondary N) is 2. The number of benzene rings is 1. The Morgan fingerprint density at radius 3 is 2.36 bits per heavy atom. The van der Waals surface area contributed by atoms with E-state index >= 15 is 0 Å². The second-order valence-electron chi connectivity index (χ2n) is 9.58. The summed E-state index contributed by atoms with van der Waals surface area (Å²) in [6.45, 7) is 12.7. The van der Waals surface area contributed by atoms with Crippen LogP contribution in [0.2, 0.25) is 0 Å². The normalized spacial score (nSPS) is 12.2. The minimum atomic E-state index is -1.03. The van der Waals surface area contributed by atoms with Gasteiger partial charge in [-0.1, -0.05) is 44.4 Å². The van der Waals surface area contributed by atoms with Crippen molar-refractivity contribution in [2.24, 2.45) is 0 Å². The van der Waals surface area contributed by atoms with E-state index in [4.69, 9.17) is 4.74 Å². The fraction of sp³-hybridized carbons (Fsp3) is 0.640. The maximum atomic E-state index is 13.3. The van der Waals surface area contributed by atoms with Gasteiger partial charge in [0.1, 0.15) is 23.9 Å². The standard InChI is InChI=1S/C25H41N3O5/c1-8-9-10-11-15-28(20(29)16-26-24(32)33-25(5,6)7)21(23(31)27-17(2)3)19-14-12-13-18(4)22(19)30/h12-14,17,21,30H,8-11,15-16H2,1-7H3,(H,26,32)(H,27,31). The summed E-state index contributed by atoms with van der Waals surface area (Å²) >= 11 is 0. The number of amides is 3. The number of ether oxygens (including phenoxy) is 1. The molecule has 0 radical (unpaired) electrons. The first kappa shape index (κ1) is 28.3. The largest absolute Gasteiger partial charge is 0.507 e. The molecule has 0 aliphatic rings. The number of phenolic OH excluding ortho intramolecular Hbond substituents is 1. The van der Waals surface area contributed by atoms with Crippen LogP contribution < -0.4 is 10.6 Å². The molecule has 8 heteroatoms. The zero-order valence-corrected chi connectivity index (χ0v) is 21.2. The molecule has 1 aromatic carbocycles. The highest BCUT2D eigenvalue weighted by Crippen LogP contribution is 2.32. The first-order chi connectivity index (χ1) is 15.4. The zero-order valence-electron chi connectivity index (χ0n) is 21.2. The van der Waals surface area contributed by atoms with E-state index in [1.165, 1.54) is 4.90 Å². The topological polar surface area (TPSA) is 108 Å². The Labute approximate surface area is 198 Å². The molecule has 0 aliphatic carbocycles. The van der Waals surface area contributed by atoms with Crippen LogP contribution in [0.15, 0.2) is 18.2 Å². The Morgan fingerprint density at radius 1 is 1.12 bits per heavy atom. The second kappa shape index (κ2) is 13.1. The summed E-state index contributed by atoms with van der Waals surface area (Å²) in [6.07, 6.45) is 2.94. The van der Waals surface area contributed by atoms with E-state index in [0.29, 0.717) is 24.1 Å². The maximum Gasteiger partial charge on any atom is 0.408 e. The molecule has 0 saturated heterocycles. The van der Waals surface area contributed by atoms with Gasteiger partial charge < -0.3 is 25.4 Å². The lowest BCUT2D eigenvalue weighted by Gasteiger charge is -2.33. The molecular formula is C25H41N3O5. The van der Waals surface area contributed by atoms with Gasteiger partial charge in [-0.05, 0) is 53.5 Å². The molecule has 33 heavy (non-hydrogen) atoms. The van der Waals surface area contributed by atoms with Crippen LogP contribution >= 0.6 is 0 Å². The highest BCUT2D eigenvalue weighted by Gasteiger charge is 2.34. The molecule has 0 bridgehead atoms. The van der Waals surface area contributed by atoms with Crippen molar-refractivity contribution in [3.63, 3.8) is 0 Å². The predicted octanol–water partition coefficient (Wildman–Crippen LogP) is 4.20. The van der Waals surface area contributed by atoms with Crippen LogP contribution in [0.3, 0.4) is 0 Å². The van der Waals surface area contributed by atoms with E-state index in [-0.39, 0.29) is 24.2 Å². The van der Waals surface area contributed by atoms with Crippen LogP contribution in [-0.4, -0.2) is 52.6 Å². The Kier molecular flexibility index (Phi) is 11.2. The highest BCUT2D eigenvalue weighted by molar-refractivity contribution is 5.91. The molecule has 3 amide bonds. The van der Waals surface area contributed by atoms with E-state index in [1.54, 1.807) is 45.9 Å². The fourth-order valence-corrected chi connectivity index (χ4v) is 3.39. The number of hydrogen-bond donors (Lipinski definition) is 3. The quantitative estimate of drug-likeness (QED) is 0.426. The summed E-state index contributed by atoms with van der Waals surface area (Å²) in [5.74, 6) is -0.831. The van der Waals surface area contributed by atoms with Crippen LogP contribution in [0.25, 0.3) is 0 Å². The van der Waals surface area contributed by atoms with Crippen molar-refractivity contribution < 1.29 is 24.2 Å². The highest BCUT2D eigenvalue weighted by atomic mass is 16.6. The number of phenols is 1. The third kappa shape index (κ3) is 9.72. The van der Waals surface area contributed by atoms with Gasteiger partial charge in [0.2, 0.25) is 11.8 Å².